The van der Waals surface area contributed by atoms with E-state index in [1.165, 1.54) is 6.07 Å². The summed E-state index contributed by atoms with van der Waals surface area (Å²) in [5.74, 6) is -0.270. The number of nitro benzene ring substituents is 1. The van der Waals surface area contributed by atoms with Crippen molar-refractivity contribution >= 4 is 17.2 Å². The zero-order valence-electron chi connectivity index (χ0n) is 10.4. The summed E-state index contributed by atoms with van der Waals surface area (Å²) in [5, 5.41) is 10.7. The quantitative estimate of drug-likeness (QED) is 0.601. The van der Waals surface area contributed by atoms with E-state index in [0.29, 0.717) is 18.9 Å². The van der Waals surface area contributed by atoms with Crippen LogP contribution >= 0.6 is 11.5 Å². The van der Waals surface area contributed by atoms with Crippen molar-refractivity contribution in [2.45, 2.75) is 6.42 Å². The zero-order valence-corrected chi connectivity index (χ0v) is 11.2. The second-order valence-electron chi connectivity index (χ2n) is 3.69. The Morgan fingerprint density at radius 3 is 2.95 bits per heavy atom. The van der Waals surface area contributed by atoms with Gasteiger partial charge in [-0.2, -0.15) is 13.7 Å². The molecule has 0 unspecified atom stereocenters. The highest BCUT2D eigenvalue weighted by Crippen LogP contribution is 2.27. The molecule has 0 aliphatic heterocycles. The van der Waals surface area contributed by atoms with Gasteiger partial charge in [0.2, 0.25) is 5.82 Å². The van der Waals surface area contributed by atoms with Crippen LogP contribution in [-0.4, -0.2) is 28.0 Å². The molecule has 1 aromatic carbocycles. The lowest BCUT2D eigenvalue weighted by molar-refractivity contribution is -0.387. The van der Waals surface area contributed by atoms with E-state index in [0.717, 1.165) is 23.7 Å². The lowest BCUT2D eigenvalue weighted by Gasteiger charge is -2.01. The Balaban J connectivity index is 2.08. The molecular weight excluding hydrogens is 289 g/mol. The topological polar surface area (TPSA) is 87.4 Å². The van der Waals surface area contributed by atoms with Gasteiger partial charge in [0, 0.05) is 37.2 Å². The molecule has 106 valence electrons. The van der Waals surface area contributed by atoms with Crippen LogP contribution < -0.4 is 4.74 Å². The molecule has 1 aromatic heterocycles. The van der Waals surface area contributed by atoms with Crippen molar-refractivity contribution < 1.29 is 18.8 Å². The fraction of sp³-hybridized carbons (Fsp3) is 0.273. The third-order valence-corrected chi connectivity index (χ3v) is 2.93. The number of hydrogen-bond donors (Lipinski definition) is 0. The lowest BCUT2D eigenvalue weighted by Crippen LogP contribution is -1.96. The van der Waals surface area contributed by atoms with Gasteiger partial charge in [0.15, 0.2) is 0 Å². The van der Waals surface area contributed by atoms with Crippen LogP contribution in [-0.2, 0) is 11.2 Å². The van der Waals surface area contributed by atoms with Gasteiger partial charge >= 0.3 is 5.69 Å². The van der Waals surface area contributed by atoms with Crippen LogP contribution in [0.4, 0.5) is 10.1 Å². The Morgan fingerprint density at radius 2 is 2.30 bits per heavy atom. The van der Waals surface area contributed by atoms with Crippen molar-refractivity contribution in [2.24, 2.45) is 0 Å². The molecule has 0 amide bonds. The van der Waals surface area contributed by atoms with E-state index in [9.17, 15) is 14.5 Å². The number of aromatic nitrogens is 2. The van der Waals surface area contributed by atoms with Gasteiger partial charge in [0.25, 0.3) is 5.19 Å². The van der Waals surface area contributed by atoms with Gasteiger partial charge in [-0.15, -0.1) is 0 Å². The summed E-state index contributed by atoms with van der Waals surface area (Å²) < 4.78 is 27.6. The molecule has 2 aromatic rings. The Bertz CT molecular complexity index is 619. The number of nitrogens with zero attached hydrogens (tertiary/aromatic N) is 3. The van der Waals surface area contributed by atoms with E-state index in [1.54, 1.807) is 7.11 Å². The average Bonchev–Trinajstić information content (AvgIpc) is 2.83. The second kappa shape index (κ2) is 6.35. The molecule has 0 bridgehead atoms. The Hall–Kier alpha value is -2.13. The maximum atomic E-state index is 13.4. The summed E-state index contributed by atoms with van der Waals surface area (Å²) in [6.45, 7) is 0.488. The van der Waals surface area contributed by atoms with Crippen LogP contribution in [0.15, 0.2) is 18.2 Å². The van der Waals surface area contributed by atoms with Crippen molar-refractivity contribution in [1.29, 1.82) is 0 Å². The van der Waals surface area contributed by atoms with Gasteiger partial charge in [-0.25, -0.2) is 0 Å². The molecular formula is C11H10FN3O4S. The number of benzene rings is 1. The maximum absolute atomic E-state index is 13.4. The van der Waals surface area contributed by atoms with Crippen LogP contribution in [0.3, 0.4) is 0 Å². The number of halogens is 1. The second-order valence-corrected chi connectivity index (χ2v) is 4.41. The maximum Gasteiger partial charge on any atom is 0.305 e. The molecule has 0 spiro atoms. The normalized spacial score (nSPS) is 10.5. The van der Waals surface area contributed by atoms with Crippen LogP contribution in [0, 0.1) is 15.9 Å². The molecule has 0 aliphatic rings. The Kier molecular flexibility index (Phi) is 4.53. The molecule has 0 fully saturated rings. The van der Waals surface area contributed by atoms with E-state index in [4.69, 9.17) is 9.47 Å². The summed E-state index contributed by atoms with van der Waals surface area (Å²) in [7, 11) is 1.57. The van der Waals surface area contributed by atoms with Crippen LogP contribution in [0.2, 0.25) is 0 Å². The first-order valence-electron chi connectivity index (χ1n) is 5.53. The molecule has 0 saturated heterocycles. The fourth-order valence-corrected chi connectivity index (χ4v) is 1.97. The first-order valence-corrected chi connectivity index (χ1v) is 6.31. The minimum atomic E-state index is -0.961. The first kappa shape index (κ1) is 14.3. The lowest BCUT2D eigenvalue weighted by atomic mass is 10.3. The smallest absolute Gasteiger partial charge is 0.305 e. The standard InChI is InChI=1S/C11H10FN3O4S/c1-18-5-4-10-13-11(20-14-10)19-7-2-3-9(15(16)17)8(12)6-7/h2-3,6H,4-5H2,1H3. The largest absolute Gasteiger partial charge is 0.430 e. The number of ether oxygens (including phenoxy) is 2. The molecule has 0 saturated carbocycles. The zero-order chi connectivity index (χ0) is 14.5. The number of nitro groups is 1. The minimum absolute atomic E-state index is 0.127. The number of hydrogen-bond acceptors (Lipinski definition) is 7. The van der Waals surface area contributed by atoms with Gasteiger partial charge in [0.05, 0.1) is 11.5 Å². The third-order valence-electron chi connectivity index (χ3n) is 2.30. The highest BCUT2D eigenvalue weighted by molar-refractivity contribution is 7.07. The van der Waals surface area contributed by atoms with Crippen LogP contribution in [0.25, 0.3) is 0 Å². The van der Waals surface area contributed by atoms with E-state index >= 15 is 0 Å². The Labute approximate surface area is 117 Å². The Morgan fingerprint density at radius 1 is 1.50 bits per heavy atom. The minimum Gasteiger partial charge on any atom is -0.430 e. The molecule has 0 atom stereocenters. The molecule has 2 rings (SSSR count). The monoisotopic (exact) mass is 299 g/mol. The van der Waals surface area contributed by atoms with Gasteiger partial charge < -0.3 is 9.47 Å². The van der Waals surface area contributed by atoms with Crippen molar-refractivity contribution in [3.05, 3.63) is 40.0 Å². The first-order chi connectivity index (χ1) is 9.60. The molecule has 0 aliphatic carbocycles. The predicted octanol–water partition coefficient (Wildman–Crippen LogP) is 2.57. The molecule has 7 nitrogen and oxygen atoms in total. The van der Waals surface area contributed by atoms with Crippen LogP contribution in [0.1, 0.15) is 5.82 Å². The van der Waals surface area contributed by atoms with Crippen molar-refractivity contribution in [3.8, 4) is 10.9 Å². The number of methoxy groups -OCH3 is 1. The van der Waals surface area contributed by atoms with Crippen LogP contribution in [0.5, 0.6) is 10.9 Å². The van der Waals surface area contributed by atoms with Gasteiger partial charge in [-0.3, -0.25) is 10.1 Å². The summed E-state index contributed by atoms with van der Waals surface area (Å²) in [6, 6.07) is 3.28. The molecule has 0 radical (unpaired) electrons. The number of rotatable bonds is 6. The predicted molar refractivity (Wildman–Crippen MR) is 68.6 cm³/mol. The summed E-state index contributed by atoms with van der Waals surface area (Å²) in [4.78, 5) is 13.8. The van der Waals surface area contributed by atoms with Gasteiger partial charge in [-0.05, 0) is 6.07 Å². The van der Waals surface area contributed by atoms with Crippen molar-refractivity contribution in [3.63, 3.8) is 0 Å². The van der Waals surface area contributed by atoms with Gasteiger partial charge in [0.1, 0.15) is 11.6 Å². The van der Waals surface area contributed by atoms with E-state index in [1.807, 2.05) is 0 Å². The summed E-state index contributed by atoms with van der Waals surface area (Å²) >= 11 is 1.02. The third kappa shape index (κ3) is 3.45. The highest BCUT2D eigenvalue weighted by Gasteiger charge is 2.15. The molecule has 9 heteroatoms. The van der Waals surface area contributed by atoms with Gasteiger partial charge in [-0.1, -0.05) is 0 Å². The summed E-state index contributed by atoms with van der Waals surface area (Å²) in [6.07, 6.45) is 0.547. The van der Waals surface area contributed by atoms with E-state index in [-0.39, 0.29) is 10.9 Å². The average molecular weight is 299 g/mol. The van der Waals surface area contributed by atoms with Crippen molar-refractivity contribution in [2.75, 3.05) is 13.7 Å². The van der Waals surface area contributed by atoms with E-state index in [2.05, 4.69) is 9.36 Å². The molecule has 20 heavy (non-hydrogen) atoms. The molecule has 1 heterocycles. The summed E-state index contributed by atoms with van der Waals surface area (Å²) in [5.41, 5.74) is -0.601. The molecule has 0 N–H and O–H groups in total. The fourth-order valence-electron chi connectivity index (χ4n) is 1.37. The highest BCUT2D eigenvalue weighted by atomic mass is 32.1. The SMILES string of the molecule is COCCc1nsc(Oc2ccc([N+](=O)[O-])c(F)c2)n1. The van der Waals surface area contributed by atoms with Crippen molar-refractivity contribution in [1.82, 2.24) is 9.36 Å². The van der Waals surface area contributed by atoms with E-state index < -0.39 is 16.4 Å².